The van der Waals surface area contributed by atoms with E-state index in [4.69, 9.17) is 9.15 Å². The molecule has 0 spiro atoms. The first kappa shape index (κ1) is 15.8. The van der Waals surface area contributed by atoms with Gasteiger partial charge in [0, 0.05) is 4.88 Å². The van der Waals surface area contributed by atoms with Crippen molar-refractivity contribution in [2.45, 2.75) is 13.5 Å². The third kappa shape index (κ3) is 4.45. The summed E-state index contributed by atoms with van der Waals surface area (Å²) >= 11 is 1.49. The second-order valence-electron chi connectivity index (χ2n) is 4.28. The second-order valence-corrected chi connectivity index (χ2v) is 5.31. The van der Waals surface area contributed by atoms with Crippen LogP contribution in [0.5, 0.6) is 0 Å². The van der Waals surface area contributed by atoms with Crippen LogP contribution >= 0.6 is 11.3 Å². The van der Waals surface area contributed by atoms with Crippen molar-refractivity contribution in [2.75, 3.05) is 6.61 Å². The number of hydrogen-bond donors (Lipinski definition) is 2. The normalized spacial score (nSPS) is 10.0. The van der Waals surface area contributed by atoms with E-state index in [1.54, 1.807) is 6.92 Å². The number of furan rings is 1. The van der Waals surface area contributed by atoms with Crippen LogP contribution in [0.4, 0.5) is 4.79 Å². The van der Waals surface area contributed by atoms with Crippen molar-refractivity contribution in [2.24, 2.45) is 0 Å². The van der Waals surface area contributed by atoms with Crippen molar-refractivity contribution in [3.05, 3.63) is 46.0 Å². The molecule has 0 aliphatic carbocycles. The lowest BCUT2D eigenvalue weighted by molar-refractivity contribution is -0.123. The number of aryl methyl sites for hydroxylation is 1. The molecule has 0 atom stereocenters. The van der Waals surface area contributed by atoms with E-state index in [1.165, 1.54) is 23.7 Å². The van der Waals surface area contributed by atoms with Gasteiger partial charge < -0.3 is 14.5 Å². The van der Waals surface area contributed by atoms with Gasteiger partial charge in [0.25, 0.3) is 5.91 Å². The fourth-order valence-electron chi connectivity index (χ4n) is 1.59. The molecule has 2 aromatic rings. The topological polar surface area (TPSA) is 97.6 Å². The van der Waals surface area contributed by atoms with Crippen LogP contribution < -0.4 is 10.6 Å². The molecule has 22 heavy (non-hydrogen) atoms. The molecule has 0 aromatic carbocycles. The Morgan fingerprint density at radius 1 is 1.32 bits per heavy atom. The Morgan fingerprint density at radius 2 is 2.14 bits per heavy atom. The van der Waals surface area contributed by atoms with Crippen LogP contribution in [0.2, 0.25) is 0 Å². The minimum Gasteiger partial charge on any atom is -0.469 e. The fraction of sp³-hybridized carbons (Fsp3) is 0.214. The second kappa shape index (κ2) is 7.41. The van der Waals surface area contributed by atoms with Gasteiger partial charge in [-0.25, -0.2) is 9.59 Å². The number of nitrogens with one attached hydrogen (secondary N) is 2. The molecule has 0 aliphatic heterocycles. The van der Waals surface area contributed by atoms with Crippen molar-refractivity contribution in [3.63, 3.8) is 0 Å². The number of carbonyl (C=O) groups excluding carboxylic acids is 3. The van der Waals surface area contributed by atoms with E-state index in [0.29, 0.717) is 12.3 Å². The van der Waals surface area contributed by atoms with E-state index in [0.717, 1.165) is 4.88 Å². The zero-order valence-corrected chi connectivity index (χ0v) is 12.6. The highest BCUT2D eigenvalue weighted by Gasteiger charge is 2.15. The highest BCUT2D eigenvalue weighted by Crippen LogP contribution is 2.10. The van der Waals surface area contributed by atoms with Crippen molar-refractivity contribution in [1.29, 1.82) is 0 Å². The van der Waals surface area contributed by atoms with E-state index in [9.17, 15) is 14.4 Å². The number of urea groups is 1. The van der Waals surface area contributed by atoms with Gasteiger partial charge >= 0.3 is 12.0 Å². The van der Waals surface area contributed by atoms with Gasteiger partial charge in [0.2, 0.25) is 0 Å². The van der Waals surface area contributed by atoms with Gasteiger partial charge in [0.05, 0.1) is 12.8 Å². The highest BCUT2D eigenvalue weighted by atomic mass is 32.1. The molecule has 2 heterocycles. The molecule has 0 bridgehead atoms. The molecule has 7 nitrogen and oxygen atoms in total. The van der Waals surface area contributed by atoms with Crippen LogP contribution in [0, 0.1) is 6.92 Å². The molecular formula is C14H14N2O5S. The molecule has 0 unspecified atom stereocenters. The molecule has 0 aliphatic rings. The van der Waals surface area contributed by atoms with Crippen LogP contribution in [-0.4, -0.2) is 24.5 Å². The van der Waals surface area contributed by atoms with Crippen LogP contribution in [-0.2, 0) is 16.1 Å². The lowest BCUT2D eigenvalue weighted by atomic mass is 10.3. The summed E-state index contributed by atoms with van der Waals surface area (Å²) in [4.78, 5) is 35.6. The van der Waals surface area contributed by atoms with Crippen molar-refractivity contribution in [1.82, 2.24) is 10.6 Å². The maximum absolute atomic E-state index is 11.6. The minimum absolute atomic E-state index is 0.245. The fourth-order valence-corrected chi connectivity index (χ4v) is 2.24. The Morgan fingerprint density at radius 3 is 2.77 bits per heavy atom. The Hall–Kier alpha value is -2.61. The molecule has 116 valence electrons. The smallest absolute Gasteiger partial charge is 0.342 e. The van der Waals surface area contributed by atoms with Crippen LogP contribution in [0.1, 0.15) is 21.0 Å². The summed E-state index contributed by atoms with van der Waals surface area (Å²) in [6.45, 7) is 1.38. The number of esters is 1. The standard InChI is InChI=1S/C14H14N2O5S/c1-9-11(4-5-20-9)13(18)21-8-12(17)16-14(19)15-7-10-3-2-6-22-10/h2-6H,7-8H2,1H3,(H2,15,16,17,19). The van der Waals surface area contributed by atoms with Gasteiger partial charge in [-0.2, -0.15) is 0 Å². The zero-order chi connectivity index (χ0) is 15.9. The summed E-state index contributed by atoms with van der Waals surface area (Å²) in [5.74, 6) is -0.988. The van der Waals surface area contributed by atoms with Crippen molar-refractivity contribution >= 4 is 29.2 Å². The van der Waals surface area contributed by atoms with Gasteiger partial charge in [-0.15, -0.1) is 11.3 Å². The van der Waals surface area contributed by atoms with Crippen LogP contribution in [0.15, 0.2) is 34.3 Å². The number of hydrogen-bond acceptors (Lipinski definition) is 6. The van der Waals surface area contributed by atoms with Crippen LogP contribution in [0.3, 0.4) is 0 Å². The first-order valence-corrected chi connectivity index (χ1v) is 7.25. The van der Waals surface area contributed by atoms with Gasteiger partial charge in [0.1, 0.15) is 11.3 Å². The Bertz CT molecular complexity index is 663. The molecule has 0 radical (unpaired) electrons. The molecule has 2 N–H and O–H groups in total. The average Bonchev–Trinajstić information content (AvgIpc) is 3.14. The molecule has 0 saturated carbocycles. The number of thiophene rings is 1. The predicted octanol–water partition coefficient (Wildman–Crippen LogP) is 1.83. The largest absolute Gasteiger partial charge is 0.469 e. The van der Waals surface area contributed by atoms with E-state index < -0.39 is 24.5 Å². The molecule has 0 fully saturated rings. The Kier molecular flexibility index (Phi) is 5.31. The minimum atomic E-state index is -0.710. The summed E-state index contributed by atoms with van der Waals surface area (Å²) in [5, 5.41) is 6.48. The van der Waals surface area contributed by atoms with Crippen molar-refractivity contribution < 1.29 is 23.5 Å². The monoisotopic (exact) mass is 322 g/mol. The van der Waals surface area contributed by atoms with Crippen LogP contribution in [0.25, 0.3) is 0 Å². The third-order valence-electron chi connectivity index (χ3n) is 2.67. The van der Waals surface area contributed by atoms with E-state index in [-0.39, 0.29) is 5.56 Å². The number of ether oxygens (including phenoxy) is 1. The average molecular weight is 322 g/mol. The first-order valence-electron chi connectivity index (χ1n) is 6.37. The third-order valence-corrected chi connectivity index (χ3v) is 3.55. The van der Waals surface area contributed by atoms with Gasteiger partial charge in [0.15, 0.2) is 6.61 Å². The number of rotatable bonds is 5. The Balaban J connectivity index is 1.70. The zero-order valence-electron chi connectivity index (χ0n) is 11.8. The number of amides is 3. The summed E-state index contributed by atoms with van der Waals surface area (Å²) in [5.41, 5.74) is 0.245. The molecule has 2 rings (SSSR count). The van der Waals surface area contributed by atoms with E-state index >= 15 is 0 Å². The first-order chi connectivity index (χ1) is 10.6. The summed E-state index contributed by atoms with van der Waals surface area (Å²) in [7, 11) is 0. The molecule has 0 saturated heterocycles. The lowest BCUT2D eigenvalue weighted by Crippen LogP contribution is -2.41. The van der Waals surface area contributed by atoms with Crippen molar-refractivity contribution in [3.8, 4) is 0 Å². The molecular weight excluding hydrogens is 308 g/mol. The van der Waals surface area contributed by atoms with Gasteiger partial charge in [-0.05, 0) is 24.4 Å². The van der Waals surface area contributed by atoms with Gasteiger partial charge in [-0.3, -0.25) is 10.1 Å². The quantitative estimate of drug-likeness (QED) is 0.819. The number of carbonyl (C=O) groups is 3. The molecule has 8 heteroatoms. The molecule has 2 aromatic heterocycles. The predicted molar refractivity (Wildman–Crippen MR) is 78.4 cm³/mol. The summed E-state index contributed by atoms with van der Waals surface area (Å²) in [6.07, 6.45) is 1.35. The van der Waals surface area contributed by atoms with Gasteiger partial charge in [-0.1, -0.05) is 6.07 Å². The SMILES string of the molecule is Cc1occc1C(=O)OCC(=O)NC(=O)NCc1cccs1. The van der Waals surface area contributed by atoms with E-state index in [2.05, 4.69) is 10.6 Å². The number of imide groups is 1. The summed E-state index contributed by atoms with van der Waals surface area (Å²) in [6, 6.07) is 4.53. The summed E-state index contributed by atoms with van der Waals surface area (Å²) < 4.78 is 9.75. The Labute approximate surface area is 130 Å². The highest BCUT2D eigenvalue weighted by molar-refractivity contribution is 7.09. The maximum Gasteiger partial charge on any atom is 0.342 e. The maximum atomic E-state index is 11.6. The van der Waals surface area contributed by atoms with E-state index in [1.807, 2.05) is 17.5 Å². The lowest BCUT2D eigenvalue weighted by Gasteiger charge is -2.06. The molecule has 3 amide bonds.